The van der Waals surface area contributed by atoms with Gasteiger partial charge in [0.15, 0.2) is 0 Å². The van der Waals surface area contributed by atoms with Crippen LogP contribution in [0.3, 0.4) is 0 Å². The van der Waals surface area contributed by atoms with E-state index in [0.29, 0.717) is 36.2 Å². The SMILES string of the molecule is C=CC(=O)N1CCC[C@H]1c1nc(-c2ccc(OCc3ccc(OC)cn3)cc2)c2c(N)nccn12. The minimum atomic E-state index is -0.150. The van der Waals surface area contributed by atoms with E-state index >= 15 is 0 Å². The lowest BCUT2D eigenvalue weighted by molar-refractivity contribution is -0.127. The molecule has 5 rings (SSSR count). The van der Waals surface area contributed by atoms with Crippen LogP contribution in [0.15, 0.2) is 67.6 Å². The first-order chi connectivity index (χ1) is 17.1. The van der Waals surface area contributed by atoms with Crippen molar-refractivity contribution in [3.8, 4) is 22.8 Å². The molecule has 0 aliphatic carbocycles. The van der Waals surface area contributed by atoms with Gasteiger partial charge < -0.3 is 20.1 Å². The first kappa shape index (κ1) is 22.4. The van der Waals surface area contributed by atoms with Gasteiger partial charge in [0.25, 0.3) is 0 Å². The Morgan fingerprint density at radius 1 is 1.20 bits per heavy atom. The van der Waals surface area contributed by atoms with Crippen LogP contribution in [0, 0.1) is 0 Å². The Kier molecular flexibility index (Phi) is 6.05. The van der Waals surface area contributed by atoms with Crippen LogP contribution in [-0.2, 0) is 11.4 Å². The number of carbonyl (C=O) groups is 1. The summed E-state index contributed by atoms with van der Waals surface area (Å²) in [7, 11) is 1.61. The molecule has 1 aliphatic heterocycles. The normalized spacial score (nSPS) is 15.3. The van der Waals surface area contributed by atoms with Gasteiger partial charge in [0.2, 0.25) is 5.91 Å². The minimum Gasteiger partial charge on any atom is -0.495 e. The number of likely N-dealkylation sites (tertiary alicyclic amines) is 1. The van der Waals surface area contributed by atoms with Gasteiger partial charge in [-0.2, -0.15) is 0 Å². The smallest absolute Gasteiger partial charge is 0.246 e. The first-order valence-corrected chi connectivity index (χ1v) is 11.4. The van der Waals surface area contributed by atoms with Crippen molar-refractivity contribution in [3.63, 3.8) is 0 Å². The van der Waals surface area contributed by atoms with E-state index in [-0.39, 0.29) is 11.9 Å². The van der Waals surface area contributed by atoms with Gasteiger partial charge in [0.1, 0.15) is 41.0 Å². The van der Waals surface area contributed by atoms with E-state index < -0.39 is 0 Å². The van der Waals surface area contributed by atoms with Crippen LogP contribution in [0.1, 0.15) is 30.4 Å². The van der Waals surface area contributed by atoms with Crippen molar-refractivity contribution >= 4 is 17.2 Å². The zero-order valence-electron chi connectivity index (χ0n) is 19.4. The summed E-state index contributed by atoms with van der Waals surface area (Å²) in [5.74, 6) is 2.46. The molecule has 0 unspecified atom stereocenters. The summed E-state index contributed by atoms with van der Waals surface area (Å²) in [5, 5.41) is 0. The second-order valence-corrected chi connectivity index (χ2v) is 8.25. The maximum atomic E-state index is 12.4. The molecule has 9 nitrogen and oxygen atoms in total. The molecule has 0 radical (unpaired) electrons. The number of amides is 1. The third-order valence-corrected chi connectivity index (χ3v) is 6.17. The number of ether oxygens (including phenoxy) is 2. The van der Waals surface area contributed by atoms with E-state index in [0.717, 1.165) is 35.4 Å². The summed E-state index contributed by atoms with van der Waals surface area (Å²) in [6.07, 6.45) is 8.24. The number of methoxy groups -OCH3 is 1. The zero-order chi connectivity index (χ0) is 24.4. The van der Waals surface area contributed by atoms with E-state index in [4.69, 9.17) is 20.2 Å². The maximum Gasteiger partial charge on any atom is 0.246 e. The van der Waals surface area contributed by atoms with Gasteiger partial charge in [-0.15, -0.1) is 0 Å². The van der Waals surface area contributed by atoms with Crippen molar-refractivity contribution in [1.29, 1.82) is 0 Å². The Balaban J connectivity index is 1.43. The highest BCUT2D eigenvalue weighted by molar-refractivity contribution is 5.88. The number of nitrogens with two attached hydrogens (primary N) is 1. The molecule has 178 valence electrons. The molecular formula is C26H26N6O3. The van der Waals surface area contributed by atoms with Gasteiger partial charge in [-0.05, 0) is 55.3 Å². The van der Waals surface area contributed by atoms with Crippen LogP contribution in [-0.4, -0.2) is 43.8 Å². The molecule has 0 saturated carbocycles. The van der Waals surface area contributed by atoms with Crippen molar-refractivity contribution < 1.29 is 14.3 Å². The Morgan fingerprint density at radius 3 is 2.71 bits per heavy atom. The van der Waals surface area contributed by atoms with E-state index in [1.54, 1.807) is 19.5 Å². The van der Waals surface area contributed by atoms with E-state index in [9.17, 15) is 4.79 Å². The van der Waals surface area contributed by atoms with E-state index in [1.807, 2.05) is 51.9 Å². The lowest BCUT2D eigenvalue weighted by Crippen LogP contribution is -2.29. The fourth-order valence-corrected chi connectivity index (χ4v) is 4.42. The molecule has 4 aromatic rings. The summed E-state index contributed by atoms with van der Waals surface area (Å²) >= 11 is 0. The highest BCUT2D eigenvalue weighted by Crippen LogP contribution is 2.36. The molecule has 0 bridgehead atoms. The molecule has 3 aromatic heterocycles. The highest BCUT2D eigenvalue weighted by atomic mass is 16.5. The Bertz CT molecular complexity index is 1360. The summed E-state index contributed by atoms with van der Waals surface area (Å²) in [6.45, 7) is 4.66. The summed E-state index contributed by atoms with van der Waals surface area (Å²) in [6, 6.07) is 11.2. The molecule has 1 amide bonds. The predicted molar refractivity (Wildman–Crippen MR) is 132 cm³/mol. The molecular weight excluding hydrogens is 444 g/mol. The van der Waals surface area contributed by atoms with Gasteiger partial charge in [-0.25, -0.2) is 9.97 Å². The van der Waals surface area contributed by atoms with Gasteiger partial charge in [0.05, 0.1) is 25.0 Å². The molecule has 9 heteroatoms. The molecule has 1 aromatic carbocycles. The van der Waals surface area contributed by atoms with Crippen LogP contribution in [0.4, 0.5) is 5.82 Å². The monoisotopic (exact) mass is 470 g/mol. The lowest BCUT2D eigenvalue weighted by atomic mass is 10.1. The summed E-state index contributed by atoms with van der Waals surface area (Å²) in [4.78, 5) is 27.8. The van der Waals surface area contributed by atoms with Gasteiger partial charge in [-0.1, -0.05) is 6.58 Å². The average molecular weight is 471 g/mol. The molecule has 1 saturated heterocycles. The third-order valence-electron chi connectivity index (χ3n) is 6.17. The standard InChI is InChI=1S/C26H26N6O3/c1-3-22(33)31-13-4-5-21(31)26-30-23(24-25(27)28-12-14-32(24)26)17-6-9-19(10-7-17)35-16-18-8-11-20(34-2)15-29-18/h3,6-12,14-15,21H,1,4-5,13,16H2,2H3,(H2,27,28)/t21-/m0/s1. The number of aromatic nitrogens is 4. The molecule has 4 heterocycles. The number of benzene rings is 1. The second-order valence-electron chi connectivity index (χ2n) is 8.25. The minimum absolute atomic E-state index is 0.0966. The third kappa shape index (κ3) is 4.28. The fourth-order valence-electron chi connectivity index (χ4n) is 4.42. The second kappa shape index (κ2) is 9.46. The summed E-state index contributed by atoms with van der Waals surface area (Å²) in [5.41, 5.74) is 9.39. The number of imidazole rings is 1. The zero-order valence-corrected chi connectivity index (χ0v) is 19.4. The highest BCUT2D eigenvalue weighted by Gasteiger charge is 2.33. The number of hydrogen-bond donors (Lipinski definition) is 1. The number of anilines is 1. The van der Waals surface area contributed by atoms with Crippen molar-refractivity contribution in [2.45, 2.75) is 25.5 Å². The van der Waals surface area contributed by atoms with Gasteiger partial charge >= 0.3 is 0 Å². The van der Waals surface area contributed by atoms with Crippen LogP contribution in [0.2, 0.25) is 0 Å². The summed E-state index contributed by atoms with van der Waals surface area (Å²) < 4.78 is 13.0. The Morgan fingerprint density at radius 2 is 2.00 bits per heavy atom. The molecule has 1 aliphatic rings. The Labute approximate surface area is 202 Å². The molecule has 35 heavy (non-hydrogen) atoms. The maximum absolute atomic E-state index is 12.4. The largest absolute Gasteiger partial charge is 0.495 e. The number of fused-ring (bicyclic) bond motifs is 1. The first-order valence-electron chi connectivity index (χ1n) is 11.4. The van der Waals surface area contributed by atoms with Crippen LogP contribution in [0.5, 0.6) is 11.5 Å². The molecule has 2 N–H and O–H groups in total. The van der Waals surface area contributed by atoms with Crippen molar-refractivity contribution in [3.05, 3.63) is 79.2 Å². The number of hydrogen-bond acceptors (Lipinski definition) is 7. The van der Waals surface area contributed by atoms with Crippen LogP contribution in [0.25, 0.3) is 16.8 Å². The van der Waals surface area contributed by atoms with E-state index in [1.165, 1.54) is 6.08 Å². The van der Waals surface area contributed by atoms with Crippen molar-refractivity contribution in [2.75, 3.05) is 19.4 Å². The van der Waals surface area contributed by atoms with Crippen LogP contribution >= 0.6 is 0 Å². The average Bonchev–Trinajstić information content (AvgIpc) is 3.53. The fraction of sp³-hybridized carbons (Fsp3) is 0.231. The Hall–Kier alpha value is -4.40. The number of rotatable bonds is 7. The van der Waals surface area contributed by atoms with Gasteiger partial charge in [-0.3, -0.25) is 14.2 Å². The molecule has 0 spiro atoms. The number of nitrogen functional groups attached to an aromatic ring is 1. The topological polar surface area (TPSA) is 108 Å². The van der Waals surface area contributed by atoms with Gasteiger partial charge in [0, 0.05) is 24.5 Å². The lowest BCUT2D eigenvalue weighted by Gasteiger charge is -2.22. The number of nitrogens with zero attached hydrogens (tertiary/aromatic N) is 5. The quantitative estimate of drug-likeness (QED) is 0.409. The van der Waals surface area contributed by atoms with Crippen molar-refractivity contribution in [2.24, 2.45) is 0 Å². The molecule has 1 fully saturated rings. The molecule has 1 atom stereocenters. The van der Waals surface area contributed by atoms with Crippen molar-refractivity contribution in [1.82, 2.24) is 24.3 Å². The predicted octanol–water partition coefficient (Wildman–Crippen LogP) is 3.81. The number of carbonyl (C=O) groups excluding carboxylic acids is 1. The van der Waals surface area contributed by atoms with Crippen LogP contribution < -0.4 is 15.2 Å². The number of pyridine rings is 1. The van der Waals surface area contributed by atoms with E-state index in [2.05, 4.69) is 16.5 Å².